The van der Waals surface area contributed by atoms with Gasteiger partial charge in [0, 0.05) is 35.9 Å². The van der Waals surface area contributed by atoms with Gasteiger partial charge in [0.2, 0.25) is 0 Å². The first-order chi connectivity index (χ1) is 23.9. The molecule has 0 unspecified atom stereocenters. The molecule has 5 heterocycles. The molecule has 5 aromatic heterocycles. The van der Waals surface area contributed by atoms with E-state index in [4.69, 9.17) is 0 Å². The van der Waals surface area contributed by atoms with Crippen molar-refractivity contribution in [2.75, 3.05) is 0 Å². The van der Waals surface area contributed by atoms with E-state index in [0.717, 1.165) is 22.7 Å². The third kappa shape index (κ3) is 32.6. The Bertz CT molecular complexity index is 1290. The molecule has 0 saturated heterocycles. The summed E-state index contributed by atoms with van der Waals surface area (Å²) in [6.45, 7) is 29.7. The van der Waals surface area contributed by atoms with Gasteiger partial charge in [0.25, 0.3) is 0 Å². The summed E-state index contributed by atoms with van der Waals surface area (Å²) in [6, 6.07) is 16.1. The molecule has 0 aliphatic heterocycles. The molecule has 49 heavy (non-hydrogen) atoms. The third-order valence-electron chi connectivity index (χ3n) is 4.55. The van der Waals surface area contributed by atoms with Gasteiger partial charge < -0.3 is 0 Å². The molecule has 6 aromatic rings. The van der Waals surface area contributed by atoms with Crippen LogP contribution in [0, 0.1) is 34.6 Å². The molecule has 10 nitrogen and oxygen atoms in total. The van der Waals surface area contributed by atoms with Crippen molar-refractivity contribution in [1.82, 2.24) is 50.1 Å². The SMILES string of the molecule is CC.CC.CC.CC.CC.Cc1ccncc1.Cc1ccncn1.Cc1cnc2ccccc2c1.Cc1cnncn1.Cc1ncncn1. The van der Waals surface area contributed by atoms with Crippen molar-refractivity contribution in [2.45, 2.75) is 104 Å². The first-order valence-corrected chi connectivity index (χ1v) is 17.0. The van der Waals surface area contributed by atoms with E-state index < -0.39 is 0 Å². The van der Waals surface area contributed by atoms with Gasteiger partial charge in [-0.05, 0) is 76.1 Å². The first-order valence-electron chi connectivity index (χ1n) is 17.0. The molecular weight excluding hydrogens is 608 g/mol. The van der Waals surface area contributed by atoms with Crippen LogP contribution in [0.5, 0.6) is 0 Å². The summed E-state index contributed by atoms with van der Waals surface area (Å²) in [5, 5.41) is 8.27. The number of hydrogen-bond donors (Lipinski definition) is 0. The molecule has 0 bridgehead atoms. The van der Waals surface area contributed by atoms with Crippen molar-refractivity contribution >= 4 is 10.9 Å². The number of nitrogens with zero attached hydrogens (tertiary/aromatic N) is 10. The molecule has 268 valence electrons. The molecule has 0 fully saturated rings. The Balaban J connectivity index is -0.000000245. The number of pyridine rings is 2. The predicted octanol–water partition coefficient (Wildman–Crippen LogP) is 10.2. The van der Waals surface area contributed by atoms with Crippen molar-refractivity contribution in [2.24, 2.45) is 0 Å². The number of para-hydroxylation sites is 1. The minimum absolute atomic E-state index is 0.759. The lowest BCUT2D eigenvalue weighted by Crippen LogP contribution is -1.84. The Labute approximate surface area is 297 Å². The fourth-order valence-electron chi connectivity index (χ4n) is 2.56. The number of aryl methyl sites for hydroxylation is 5. The van der Waals surface area contributed by atoms with Crippen LogP contribution in [-0.2, 0) is 0 Å². The minimum Gasteiger partial charge on any atom is -0.265 e. The largest absolute Gasteiger partial charge is 0.265 e. The fraction of sp³-hybridized carbons (Fsp3) is 0.385. The van der Waals surface area contributed by atoms with E-state index >= 15 is 0 Å². The summed E-state index contributed by atoms with van der Waals surface area (Å²) in [5.74, 6) is 0.759. The molecule has 0 N–H and O–H groups in total. The minimum atomic E-state index is 0.759. The number of rotatable bonds is 0. The number of benzene rings is 1. The highest BCUT2D eigenvalue weighted by atomic mass is 15.1. The van der Waals surface area contributed by atoms with Gasteiger partial charge in [-0.15, -0.1) is 5.10 Å². The van der Waals surface area contributed by atoms with Crippen LogP contribution < -0.4 is 0 Å². The van der Waals surface area contributed by atoms with Crippen LogP contribution in [0.1, 0.15) is 97.6 Å². The molecule has 6 rings (SSSR count). The number of fused-ring (bicyclic) bond motifs is 1. The number of hydrogen-bond acceptors (Lipinski definition) is 10. The predicted molar refractivity (Wildman–Crippen MR) is 208 cm³/mol. The van der Waals surface area contributed by atoms with E-state index in [9.17, 15) is 0 Å². The van der Waals surface area contributed by atoms with Crippen molar-refractivity contribution in [3.63, 3.8) is 0 Å². The fourth-order valence-corrected chi connectivity index (χ4v) is 2.56. The van der Waals surface area contributed by atoms with E-state index in [-0.39, 0.29) is 0 Å². The van der Waals surface area contributed by atoms with E-state index in [2.05, 4.69) is 69.1 Å². The van der Waals surface area contributed by atoms with Gasteiger partial charge in [-0.3, -0.25) is 9.97 Å². The summed E-state index contributed by atoms with van der Waals surface area (Å²) >= 11 is 0. The Hall–Kier alpha value is -5.12. The second-order valence-corrected chi connectivity index (χ2v) is 8.01. The quantitative estimate of drug-likeness (QED) is 0.154. The lowest BCUT2D eigenvalue weighted by Gasteiger charge is -1.95. The maximum Gasteiger partial charge on any atom is 0.138 e. The Kier molecular flexibility index (Phi) is 42.3. The summed E-state index contributed by atoms with van der Waals surface area (Å²) in [6.07, 6.45) is 14.7. The van der Waals surface area contributed by atoms with Crippen LogP contribution in [0.2, 0.25) is 0 Å². The molecule has 1 aromatic carbocycles. The molecule has 0 radical (unpaired) electrons. The zero-order chi connectivity index (χ0) is 38.1. The lowest BCUT2D eigenvalue weighted by atomic mass is 10.2. The van der Waals surface area contributed by atoms with Crippen LogP contribution in [0.4, 0.5) is 0 Å². The van der Waals surface area contributed by atoms with Crippen molar-refractivity contribution < 1.29 is 0 Å². The standard InChI is InChI=1S/C10H9N.C6H7N.C5H6N2.2C4H5N3.5C2H6/c1-8-6-9-4-2-3-5-10(9)11-7-8;1-6-2-4-7-5-3-6;1-5-2-3-6-4-7-5;1-4-6-2-5-3-7-4;1-4-2-6-7-3-5-4;5*1-2/h2-7H,1H3;2-5H,1H3;2-4H,1H3;2*2-3H,1H3;5*1-2H3. The van der Waals surface area contributed by atoms with Gasteiger partial charge in [0.1, 0.15) is 31.1 Å². The highest BCUT2D eigenvalue weighted by molar-refractivity contribution is 5.78. The van der Waals surface area contributed by atoms with Crippen LogP contribution in [-0.4, -0.2) is 50.1 Å². The van der Waals surface area contributed by atoms with Crippen molar-refractivity contribution in [3.05, 3.63) is 133 Å². The average Bonchev–Trinajstić information content (AvgIpc) is 3.18. The second-order valence-electron chi connectivity index (χ2n) is 8.01. The summed E-state index contributed by atoms with van der Waals surface area (Å²) in [4.78, 5) is 30.7. The zero-order valence-electron chi connectivity index (χ0n) is 32.8. The average molecular weight is 671 g/mol. The molecule has 0 aliphatic carbocycles. The van der Waals surface area contributed by atoms with Crippen molar-refractivity contribution in [3.8, 4) is 0 Å². The summed E-state index contributed by atoms with van der Waals surface area (Å²) in [7, 11) is 0. The Morgan fingerprint density at radius 3 is 1.31 bits per heavy atom. The Morgan fingerprint density at radius 2 is 0.939 bits per heavy atom. The Morgan fingerprint density at radius 1 is 0.408 bits per heavy atom. The topological polar surface area (TPSA) is 129 Å². The maximum absolute atomic E-state index is 4.28. The van der Waals surface area contributed by atoms with Gasteiger partial charge in [0.15, 0.2) is 0 Å². The normalized spacial score (nSPS) is 7.90. The van der Waals surface area contributed by atoms with E-state index in [1.165, 1.54) is 41.8 Å². The van der Waals surface area contributed by atoms with Gasteiger partial charge >= 0.3 is 0 Å². The molecule has 0 amide bonds. The van der Waals surface area contributed by atoms with E-state index in [1.807, 2.05) is 140 Å². The lowest BCUT2D eigenvalue weighted by molar-refractivity contribution is 0.939. The molecule has 0 spiro atoms. The zero-order valence-corrected chi connectivity index (χ0v) is 32.8. The van der Waals surface area contributed by atoms with Crippen LogP contribution >= 0.6 is 0 Å². The smallest absolute Gasteiger partial charge is 0.138 e. The first kappa shape index (κ1) is 50.7. The van der Waals surface area contributed by atoms with Gasteiger partial charge in [-0.2, -0.15) is 5.10 Å². The monoisotopic (exact) mass is 671 g/mol. The molecule has 0 aliphatic rings. The van der Waals surface area contributed by atoms with Gasteiger partial charge in [-0.1, -0.05) is 87.4 Å². The van der Waals surface area contributed by atoms with Crippen molar-refractivity contribution in [1.29, 1.82) is 0 Å². The van der Waals surface area contributed by atoms with Crippen LogP contribution in [0.3, 0.4) is 0 Å². The molecule has 10 heteroatoms. The van der Waals surface area contributed by atoms with E-state index in [1.54, 1.807) is 24.8 Å². The number of aromatic nitrogens is 10. The molecular formula is C39H62N10. The second kappa shape index (κ2) is 40.9. The van der Waals surface area contributed by atoms with Crippen LogP contribution in [0.15, 0.2) is 105 Å². The summed E-state index contributed by atoms with van der Waals surface area (Å²) in [5.41, 5.74) is 5.45. The maximum atomic E-state index is 4.28. The molecule has 0 saturated carbocycles. The van der Waals surface area contributed by atoms with Gasteiger partial charge in [0.05, 0.1) is 17.4 Å². The van der Waals surface area contributed by atoms with Gasteiger partial charge in [-0.25, -0.2) is 29.9 Å². The third-order valence-corrected chi connectivity index (χ3v) is 4.55. The summed E-state index contributed by atoms with van der Waals surface area (Å²) < 4.78 is 0. The van der Waals surface area contributed by atoms with Crippen LogP contribution in [0.25, 0.3) is 10.9 Å². The molecule has 0 atom stereocenters. The highest BCUT2D eigenvalue weighted by Gasteiger charge is 1.91. The highest BCUT2D eigenvalue weighted by Crippen LogP contribution is 2.11. The van der Waals surface area contributed by atoms with E-state index in [0.29, 0.717) is 0 Å².